The number of benzene rings is 2. The molecule has 1 atom stereocenters. The Morgan fingerprint density at radius 1 is 1.25 bits per heavy atom. The average molecular weight is 330 g/mol. The number of halogens is 1. The van der Waals surface area contributed by atoms with Crippen LogP contribution < -0.4 is 11.1 Å². The lowest BCUT2D eigenvalue weighted by Gasteiger charge is -2.16. The zero-order valence-electron chi connectivity index (χ0n) is 14.0. The van der Waals surface area contributed by atoms with Crippen LogP contribution in [-0.2, 0) is 16.0 Å². The van der Waals surface area contributed by atoms with Gasteiger partial charge in [-0.1, -0.05) is 31.2 Å². The third-order valence-corrected chi connectivity index (χ3v) is 3.77. The van der Waals surface area contributed by atoms with E-state index in [4.69, 9.17) is 10.5 Å². The van der Waals surface area contributed by atoms with E-state index in [0.29, 0.717) is 17.8 Å². The Balaban J connectivity index is 2.07. The number of nitrogens with two attached hydrogens (primary N) is 1. The minimum Gasteiger partial charge on any atom is -0.459 e. The molecule has 0 radical (unpaired) electrons. The maximum absolute atomic E-state index is 14.4. The van der Waals surface area contributed by atoms with Crippen LogP contribution >= 0.6 is 0 Å². The van der Waals surface area contributed by atoms with Gasteiger partial charge >= 0.3 is 5.97 Å². The van der Waals surface area contributed by atoms with Gasteiger partial charge in [-0.05, 0) is 35.7 Å². The van der Waals surface area contributed by atoms with Gasteiger partial charge in [0.2, 0.25) is 0 Å². The number of rotatable bonds is 7. The summed E-state index contributed by atoms with van der Waals surface area (Å²) in [6.07, 6.45) is 0.517. The Labute approximate surface area is 141 Å². The van der Waals surface area contributed by atoms with Gasteiger partial charge in [0.25, 0.3) is 0 Å². The van der Waals surface area contributed by atoms with Crippen LogP contribution in [0.1, 0.15) is 19.4 Å². The van der Waals surface area contributed by atoms with E-state index in [1.807, 2.05) is 24.3 Å². The summed E-state index contributed by atoms with van der Waals surface area (Å²) in [7, 11) is 0. The average Bonchev–Trinajstić information content (AvgIpc) is 2.58. The number of nitrogens with one attached hydrogen (secondary N) is 1. The Kier molecular flexibility index (Phi) is 6.32. The molecule has 24 heavy (non-hydrogen) atoms. The largest absolute Gasteiger partial charge is 0.459 e. The maximum atomic E-state index is 14.4. The molecule has 2 aromatic carbocycles. The second-order valence-corrected chi connectivity index (χ2v) is 5.59. The number of hydrogen-bond acceptors (Lipinski definition) is 4. The summed E-state index contributed by atoms with van der Waals surface area (Å²) in [5.41, 5.74) is 8.78. The third-order valence-electron chi connectivity index (χ3n) is 3.77. The van der Waals surface area contributed by atoms with Crippen molar-refractivity contribution in [3.8, 4) is 11.1 Å². The van der Waals surface area contributed by atoms with E-state index < -0.39 is 6.10 Å². The standard InChI is InChI=1S/C19H23FN2O2/c1-3-14-4-6-15(7-5-14)18-9-8-16(10-19(18)20)22-12-17(11-21)24-13(2)23/h4-10,17,22H,3,11-12,21H2,1-2H3/t17-/m0/s1. The lowest BCUT2D eigenvalue weighted by molar-refractivity contribution is -0.145. The third kappa shape index (κ3) is 4.80. The first-order chi connectivity index (χ1) is 11.5. The van der Waals surface area contributed by atoms with Crippen molar-refractivity contribution in [2.75, 3.05) is 18.4 Å². The second kappa shape index (κ2) is 8.45. The Morgan fingerprint density at radius 3 is 2.50 bits per heavy atom. The van der Waals surface area contributed by atoms with E-state index in [1.165, 1.54) is 18.6 Å². The molecule has 0 saturated heterocycles. The molecule has 0 bridgehead atoms. The molecular weight excluding hydrogens is 307 g/mol. The summed E-state index contributed by atoms with van der Waals surface area (Å²) < 4.78 is 19.4. The fourth-order valence-electron chi connectivity index (χ4n) is 2.42. The first kappa shape index (κ1) is 17.9. The number of hydrogen-bond donors (Lipinski definition) is 2. The lowest BCUT2D eigenvalue weighted by atomic mass is 10.0. The van der Waals surface area contributed by atoms with Crippen molar-refractivity contribution in [1.29, 1.82) is 0 Å². The molecule has 4 nitrogen and oxygen atoms in total. The van der Waals surface area contributed by atoms with Crippen molar-refractivity contribution in [3.05, 3.63) is 53.8 Å². The Bertz CT molecular complexity index is 686. The van der Waals surface area contributed by atoms with Crippen LogP contribution in [0.5, 0.6) is 0 Å². The van der Waals surface area contributed by atoms with E-state index in [1.54, 1.807) is 12.1 Å². The molecule has 2 rings (SSSR count). The molecule has 128 valence electrons. The SMILES string of the molecule is CCc1ccc(-c2ccc(NC[C@H](CN)OC(C)=O)cc2F)cc1. The molecule has 0 fully saturated rings. The van der Waals surface area contributed by atoms with Gasteiger partial charge in [-0.2, -0.15) is 0 Å². The summed E-state index contributed by atoms with van der Waals surface area (Å²) in [4.78, 5) is 11.0. The quantitative estimate of drug-likeness (QED) is 0.764. The van der Waals surface area contributed by atoms with E-state index >= 15 is 0 Å². The predicted molar refractivity (Wildman–Crippen MR) is 94.3 cm³/mol. The molecule has 0 saturated carbocycles. The Hall–Kier alpha value is -2.40. The first-order valence-electron chi connectivity index (χ1n) is 8.03. The van der Waals surface area contributed by atoms with E-state index in [2.05, 4.69) is 12.2 Å². The van der Waals surface area contributed by atoms with Crippen molar-refractivity contribution in [1.82, 2.24) is 0 Å². The summed E-state index contributed by atoms with van der Waals surface area (Å²) >= 11 is 0. The van der Waals surface area contributed by atoms with Gasteiger partial charge in [0, 0.05) is 24.7 Å². The minimum atomic E-state index is -0.438. The van der Waals surface area contributed by atoms with Crippen LogP contribution in [0.25, 0.3) is 11.1 Å². The van der Waals surface area contributed by atoms with Crippen LogP contribution in [0.4, 0.5) is 10.1 Å². The highest BCUT2D eigenvalue weighted by Gasteiger charge is 2.11. The Morgan fingerprint density at radius 2 is 1.96 bits per heavy atom. The zero-order chi connectivity index (χ0) is 17.5. The second-order valence-electron chi connectivity index (χ2n) is 5.59. The molecule has 0 spiro atoms. The zero-order valence-corrected chi connectivity index (χ0v) is 14.0. The number of ether oxygens (including phenoxy) is 1. The van der Waals surface area contributed by atoms with Gasteiger partial charge < -0.3 is 15.8 Å². The summed E-state index contributed by atoms with van der Waals surface area (Å²) in [6.45, 7) is 3.96. The molecule has 0 heterocycles. The number of carbonyl (C=O) groups is 1. The highest BCUT2D eigenvalue weighted by atomic mass is 19.1. The van der Waals surface area contributed by atoms with Gasteiger partial charge in [0.15, 0.2) is 0 Å². The number of aryl methyl sites for hydroxylation is 1. The lowest BCUT2D eigenvalue weighted by Crippen LogP contribution is -2.32. The topological polar surface area (TPSA) is 64.3 Å². The van der Waals surface area contributed by atoms with Gasteiger partial charge in [-0.15, -0.1) is 0 Å². The van der Waals surface area contributed by atoms with Gasteiger partial charge in [-0.3, -0.25) is 4.79 Å². The highest BCUT2D eigenvalue weighted by molar-refractivity contribution is 5.67. The van der Waals surface area contributed by atoms with Crippen LogP contribution in [0.3, 0.4) is 0 Å². The maximum Gasteiger partial charge on any atom is 0.303 e. The van der Waals surface area contributed by atoms with Gasteiger partial charge in [-0.25, -0.2) is 4.39 Å². The van der Waals surface area contributed by atoms with Gasteiger partial charge in [0.05, 0.1) is 6.54 Å². The molecule has 2 aromatic rings. The summed E-state index contributed by atoms with van der Waals surface area (Å²) in [5, 5.41) is 3.04. The van der Waals surface area contributed by atoms with E-state index in [0.717, 1.165) is 12.0 Å². The van der Waals surface area contributed by atoms with E-state index in [9.17, 15) is 9.18 Å². The molecule has 0 aliphatic heterocycles. The number of esters is 1. The fraction of sp³-hybridized carbons (Fsp3) is 0.316. The summed E-state index contributed by atoms with van der Waals surface area (Å²) in [5.74, 6) is -0.690. The van der Waals surface area contributed by atoms with Gasteiger partial charge in [0.1, 0.15) is 11.9 Å². The first-order valence-corrected chi connectivity index (χ1v) is 8.03. The van der Waals surface area contributed by atoms with Crippen LogP contribution in [0, 0.1) is 5.82 Å². The number of anilines is 1. The monoisotopic (exact) mass is 330 g/mol. The summed E-state index contributed by atoms with van der Waals surface area (Å²) in [6, 6.07) is 12.8. The van der Waals surface area contributed by atoms with Crippen LogP contribution in [0.15, 0.2) is 42.5 Å². The van der Waals surface area contributed by atoms with Crippen LogP contribution in [0.2, 0.25) is 0 Å². The van der Waals surface area contributed by atoms with E-state index in [-0.39, 0.29) is 18.3 Å². The van der Waals surface area contributed by atoms with Crippen molar-refractivity contribution in [3.63, 3.8) is 0 Å². The number of carbonyl (C=O) groups excluding carboxylic acids is 1. The molecule has 5 heteroatoms. The van der Waals surface area contributed by atoms with Crippen molar-refractivity contribution in [2.45, 2.75) is 26.4 Å². The highest BCUT2D eigenvalue weighted by Crippen LogP contribution is 2.25. The molecule has 0 amide bonds. The van der Waals surface area contributed by atoms with Crippen molar-refractivity contribution >= 4 is 11.7 Å². The smallest absolute Gasteiger partial charge is 0.303 e. The molecule has 0 aliphatic rings. The molecule has 0 unspecified atom stereocenters. The normalized spacial score (nSPS) is 11.8. The van der Waals surface area contributed by atoms with Crippen molar-refractivity contribution in [2.24, 2.45) is 5.73 Å². The molecular formula is C19H23FN2O2. The minimum absolute atomic E-state index is 0.205. The van der Waals surface area contributed by atoms with Crippen LogP contribution in [-0.4, -0.2) is 25.2 Å². The molecule has 3 N–H and O–H groups in total. The predicted octanol–water partition coefficient (Wildman–Crippen LogP) is 3.36. The molecule has 0 aliphatic carbocycles. The van der Waals surface area contributed by atoms with Crippen molar-refractivity contribution < 1.29 is 13.9 Å². The fourth-order valence-corrected chi connectivity index (χ4v) is 2.42. The molecule has 0 aromatic heterocycles.